The topological polar surface area (TPSA) is 47.9 Å². The summed E-state index contributed by atoms with van der Waals surface area (Å²) in [5.41, 5.74) is 0.143. The normalized spacial score (nSPS) is 36.5. The van der Waals surface area contributed by atoms with E-state index >= 15 is 0 Å². The molecular formula is C22H32O4Si. The molecule has 4 rings (SSSR count). The van der Waals surface area contributed by atoms with Crippen LogP contribution in [0.1, 0.15) is 30.7 Å². The van der Waals surface area contributed by atoms with Gasteiger partial charge in [0.25, 0.3) is 0 Å². The van der Waals surface area contributed by atoms with Crippen molar-refractivity contribution in [2.24, 2.45) is 11.8 Å². The summed E-state index contributed by atoms with van der Waals surface area (Å²) < 4.78 is 18.3. The molecule has 1 aliphatic heterocycles. The molecule has 1 aromatic carbocycles. The van der Waals surface area contributed by atoms with Crippen molar-refractivity contribution in [2.45, 2.75) is 62.3 Å². The number of hydrogen-bond acceptors (Lipinski definition) is 4. The van der Waals surface area contributed by atoms with Crippen LogP contribution in [0.3, 0.4) is 0 Å². The SMILES string of the molecule is C=C([C@@]1(O)C[C@H]2[C@H](CCC2(OC)OC)[C@@H]2c3ccccc3O[C@@H]21)[Si](C)(C)C. The summed E-state index contributed by atoms with van der Waals surface area (Å²) in [6.07, 6.45) is 2.16. The Hall–Kier alpha value is -1.14. The summed E-state index contributed by atoms with van der Waals surface area (Å²) in [6, 6.07) is 8.24. The van der Waals surface area contributed by atoms with Gasteiger partial charge in [-0.05, 0) is 24.8 Å². The van der Waals surface area contributed by atoms with Crippen molar-refractivity contribution in [2.75, 3.05) is 14.2 Å². The van der Waals surface area contributed by atoms with Gasteiger partial charge >= 0.3 is 0 Å². The summed E-state index contributed by atoms with van der Waals surface area (Å²) in [4.78, 5) is 0. The van der Waals surface area contributed by atoms with Crippen LogP contribution >= 0.6 is 0 Å². The van der Waals surface area contributed by atoms with Crippen LogP contribution in [0.15, 0.2) is 36.0 Å². The summed E-state index contributed by atoms with van der Waals surface area (Å²) >= 11 is 0. The molecule has 0 bridgehead atoms. The predicted molar refractivity (Wildman–Crippen MR) is 109 cm³/mol. The summed E-state index contributed by atoms with van der Waals surface area (Å²) in [6.45, 7) is 11.1. The third-order valence-electron chi connectivity index (χ3n) is 7.35. The Morgan fingerprint density at radius 3 is 2.52 bits per heavy atom. The maximum Gasteiger partial charge on any atom is 0.170 e. The van der Waals surface area contributed by atoms with Gasteiger partial charge in [0.1, 0.15) is 17.5 Å². The van der Waals surface area contributed by atoms with Gasteiger partial charge in [-0.2, -0.15) is 0 Å². The molecule has 0 spiro atoms. The van der Waals surface area contributed by atoms with Gasteiger partial charge in [0.15, 0.2) is 5.79 Å². The first kappa shape index (κ1) is 19.2. The van der Waals surface area contributed by atoms with Gasteiger partial charge in [-0.15, -0.1) is 6.58 Å². The number of ether oxygens (including phenoxy) is 3. The van der Waals surface area contributed by atoms with E-state index in [9.17, 15) is 5.11 Å². The highest BCUT2D eigenvalue weighted by Crippen LogP contribution is 2.63. The van der Waals surface area contributed by atoms with E-state index < -0.39 is 19.5 Å². The zero-order valence-electron chi connectivity index (χ0n) is 17.1. The number of aliphatic hydroxyl groups is 1. The maximum atomic E-state index is 12.1. The molecule has 1 heterocycles. The molecule has 5 heteroatoms. The molecule has 27 heavy (non-hydrogen) atoms. The average molecular weight is 389 g/mol. The minimum absolute atomic E-state index is 0.113. The molecule has 4 nitrogen and oxygen atoms in total. The van der Waals surface area contributed by atoms with Crippen LogP contribution in [0.4, 0.5) is 0 Å². The fraction of sp³-hybridized carbons (Fsp3) is 0.636. The predicted octanol–water partition coefficient (Wildman–Crippen LogP) is 4.11. The van der Waals surface area contributed by atoms with Gasteiger partial charge in [-0.3, -0.25) is 0 Å². The number of hydrogen-bond donors (Lipinski definition) is 1. The lowest BCUT2D eigenvalue weighted by atomic mass is 9.63. The van der Waals surface area contributed by atoms with Gasteiger partial charge in [0, 0.05) is 38.0 Å². The van der Waals surface area contributed by atoms with Gasteiger partial charge in [0.05, 0.1) is 8.07 Å². The first-order valence-corrected chi connectivity index (χ1v) is 13.5. The standard InChI is InChI=1S/C22H32O4Si/c1-14(27(4,5)6)21(23)13-17-15(11-12-22(17,24-2)25-3)19-16-9-7-8-10-18(16)26-20(19)21/h7-10,15,17,19-20,23H,1,11-13H2,2-6H3/t15-,17-,19+,20-,21-/m0/s1. The van der Waals surface area contributed by atoms with E-state index in [0.717, 1.165) is 23.8 Å². The van der Waals surface area contributed by atoms with Gasteiger partial charge < -0.3 is 19.3 Å². The van der Waals surface area contributed by atoms with Crippen molar-refractivity contribution in [1.29, 1.82) is 0 Å². The second-order valence-corrected chi connectivity index (χ2v) is 14.6. The zero-order valence-corrected chi connectivity index (χ0v) is 18.1. The molecule has 2 fully saturated rings. The Labute approximate surface area is 163 Å². The average Bonchev–Trinajstić information content (AvgIpc) is 3.19. The van der Waals surface area contributed by atoms with Crippen molar-refractivity contribution in [3.63, 3.8) is 0 Å². The number of benzene rings is 1. The molecule has 0 radical (unpaired) electrons. The third kappa shape index (κ3) is 2.59. The highest BCUT2D eigenvalue weighted by atomic mass is 28.3. The molecule has 0 saturated heterocycles. The third-order valence-corrected chi connectivity index (χ3v) is 9.59. The molecule has 1 N–H and O–H groups in total. The summed E-state index contributed by atoms with van der Waals surface area (Å²) in [7, 11) is 1.65. The molecule has 2 saturated carbocycles. The van der Waals surface area contributed by atoms with E-state index in [2.05, 4.69) is 38.4 Å². The van der Waals surface area contributed by atoms with Crippen LogP contribution in [-0.2, 0) is 9.47 Å². The van der Waals surface area contributed by atoms with Crippen molar-refractivity contribution in [1.82, 2.24) is 0 Å². The number of methoxy groups -OCH3 is 2. The van der Waals surface area contributed by atoms with Crippen LogP contribution in [0.5, 0.6) is 5.75 Å². The Morgan fingerprint density at radius 1 is 1.22 bits per heavy atom. The number of rotatable bonds is 4. The van der Waals surface area contributed by atoms with Gasteiger partial charge in [-0.1, -0.05) is 43.0 Å². The van der Waals surface area contributed by atoms with Crippen LogP contribution in [0.2, 0.25) is 19.6 Å². The minimum atomic E-state index is -1.80. The molecule has 3 aliphatic rings. The molecule has 2 aliphatic carbocycles. The van der Waals surface area contributed by atoms with Crippen molar-refractivity contribution >= 4 is 8.07 Å². The summed E-state index contributed by atoms with van der Waals surface area (Å²) in [5, 5.41) is 13.0. The highest BCUT2D eigenvalue weighted by Gasteiger charge is 2.66. The molecule has 0 amide bonds. The molecule has 5 atom stereocenters. The van der Waals surface area contributed by atoms with E-state index in [1.54, 1.807) is 14.2 Å². The van der Waals surface area contributed by atoms with E-state index in [1.165, 1.54) is 5.56 Å². The lowest BCUT2D eigenvalue weighted by molar-refractivity contribution is -0.249. The van der Waals surface area contributed by atoms with Gasteiger partial charge in [-0.25, -0.2) is 0 Å². The monoisotopic (exact) mass is 388 g/mol. The Morgan fingerprint density at radius 2 is 1.89 bits per heavy atom. The van der Waals surface area contributed by atoms with Crippen LogP contribution in [0, 0.1) is 11.8 Å². The number of fused-ring (bicyclic) bond motifs is 5. The maximum absolute atomic E-state index is 12.1. The fourth-order valence-corrected chi connectivity index (χ4v) is 7.43. The fourth-order valence-electron chi connectivity index (χ4n) is 5.89. The molecule has 148 valence electrons. The Bertz CT molecular complexity index is 751. The first-order chi connectivity index (χ1) is 12.7. The first-order valence-electron chi connectivity index (χ1n) is 9.96. The molecule has 0 aromatic heterocycles. The zero-order chi connectivity index (χ0) is 19.6. The van der Waals surface area contributed by atoms with Crippen LogP contribution < -0.4 is 4.74 Å². The molecule has 1 aromatic rings. The van der Waals surface area contributed by atoms with E-state index in [4.69, 9.17) is 14.2 Å². The Kier molecular flexibility index (Phi) is 4.39. The number of para-hydroxylation sites is 1. The Balaban J connectivity index is 1.85. The van der Waals surface area contributed by atoms with E-state index in [0.29, 0.717) is 12.3 Å². The smallest absolute Gasteiger partial charge is 0.170 e. The lowest BCUT2D eigenvalue weighted by Crippen LogP contribution is -2.61. The second-order valence-electron chi connectivity index (χ2n) is 9.49. The summed E-state index contributed by atoms with van der Waals surface area (Å²) in [5.74, 6) is 0.892. The van der Waals surface area contributed by atoms with Crippen LogP contribution in [-0.4, -0.2) is 44.9 Å². The lowest BCUT2D eigenvalue weighted by Gasteiger charge is -2.52. The van der Waals surface area contributed by atoms with Crippen LogP contribution in [0.25, 0.3) is 0 Å². The molecular weight excluding hydrogens is 356 g/mol. The van der Waals surface area contributed by atoms with Crippen molar-refractivity contribution < 1.29 is 19.3 Å². The second kappa shape index (κ2) is 6.18. The highest BCUT2D eigenvalue weighted by molar-refractivity contribution is 6.83. The van der Waals surface area contributed by atoms with E-state index in [-0.39, 0.29) is 17.9 Å². The largest absolute Gasteiger partial charge is 0.486 e. The molecule has 0 unspecified atom stereocenters. The quantitative estimate of drug-likeness (QED) is 0.623. The van der Waals surface area contributed by atoms with Crippen molar-refractivity contribution in [3.05, 3.63) is 41.6 Å². The van der Waals surface area contributed by atoms with Gasteiger partial charge in [0.2, 0.25) is 0 Å². The van der Waals surface area contributed by atoms with E-state index in [1.807, 2.05) is 12.1 Å². The van der Waals surface area contributed by atoms with Crippen molar-refractivity contribution in [3.8, 4) is 5.75 Å². The minimum Gasteiger partial charge on any atom is -0.486 e.